The lowest BCUT2D eigenvalue weighted by Gasteiger charge is -2.13. The molecule has 1 aromatic heterocycles. The smallest absolute Gasteiger partial charge is 0.131 e. The lowest BCUT2D eigenvalue weighted by atomic mass is 10.3. The van der Waals surface area contributed by atoms with Gasteiger partial charge < -0.3 is 9.84 Å². The van der Waals surface area contributed by atoms with Gasteiger partial charge in [0.05, 0.1) is 11.9 Å². The molecule has 0 bridgehead atoms. The maximum absolute atomic E-state index is 10.1. The van der Waals surface area contributed by atoms with Gasteiger partial charge in [-0.25, -0.2) is 4.68 Å². The first kappa shape index (κ1) is 13.8. The summed E-state index contributed by atoms with van der Waals surface area (Å²) in [4.78, 5) is 0. The second-order valence-electron chi connectivity index (χ2n) is 4.16. The van der Waals surface area contributed by atoms with Gasteiger partial charge in [0.15, 0.2) is 0 Å². The monoisotopic (exact) mass is 281 g/mol. The van der Waals surface area contributed by atoms with Gasteiger partial charge >= 0.3 is 0 Å². The number of halogens is 1. The minimum atomic E-state index is -0.753. The highest BCUT2D eigenvalue weighted by molar-refractivity contribution is 6.30. The molecule has 1 atom stereocenters. The summed E-state index contributed by atoms with van der Waals surface area (Å²) in [6.45, 7) is 2.92. The van der Waals surface area contributed by atoms with Crippen LogP contribution in [-0.2, 0) is 6.54 Å². The Bertz CT molecular complexity index is 513. The highest BCUT2D eigenvalue weighted by Crippen LogP contribution is 2.18. The molecule has 0 aliphatic carbocycles. The lowest BCUT2D eigenvalue weighted by Crippen LogP contribution is -2.15. The Morgan fingerprint density at radius 2 is 2.11 bits per heavy atom. The topological polar surface area (TPSA) is 60.2 Å². The molecule has 1 N–H and O–H groups in total. The number of hydrogen-bond acceptors (Lipinski definition) is 4. The Morgan fingerprint density at radius 3 is 2.79 bits per heavy atom. The molecule has 0 radical (unpaired) electrons. The molecule has 2 aromatic rings. The zero-order valence-electron chi connectivity index (χ0n) is 10.7. The summed E-state index contributed by atoms with van der Waals surface area (Å²) in [5, 5.41) is 18.5. The summed E-state index contributed by atoms with van der Waals surface area (Å²) in [7, 11) is 0. The number of nitrogens with zero attached hydrogens (tertiary/aromatic N) is 3. The second kappa shape index (κ2) is 6.54. The number of ether oxygens (including phenoxy) is 1. The molecule has 102 valence electrons. The minimum Gasteiger partial charge on any atom is -0.490 e. The van der Waals surface area contributed by atoms with Crippen molar-refractivity contribution in [2.24, 2.45) is 0 Å². The highest BCUT2D eigenvalue weighted by Gasteiger charge is 2.14. The predicted octanol–water partition coefficient (Wildman–Crippen LogP) is 2.45. The van der Waals surface area contributed by atoms with Crippen LogP contribution in [0.3, 0.4) is 0 Å². The first-order valence-electron chi connectivity index (χ1n) is 6.15. The molecule has 1 aromatic carbocycles. The second-order valence-corrected chi connectivity index (χ2v) is 4.60. The van der Waals surface area contributed by atoms with Crippen LogP contribution in [0.2, 0.25) is 5.02 Å². The van der Waals surface area contributed by atoms with Gasteiger partial charge in [0.25, 0.3) is 0 Å². The third kappa shape index (κ3) is 3.68. The normalized spacial score (nSPS) is 12.4. The van der Waals surface area contributed by atoms with E-state index in [1.165, 1.54) is 0 Å². The van der Waals surface area contributed by atoms with Crippen molar-refractivity contribution >= 4 is 11.6 Å². The van der Waals surface area contributed by atoms with Gasteiger partial charge in [0, 0.05) is 11.6 Å². The van der Waals surface area contributed by atoms with E-state index in [2.05, 4.69) is 10.3 Å². The zero-order chi connectivity index (χ0) is 13.7. The molecule has 0 fully saturated rings. The summed E-state index contributed by atoms with van der Waals surface area (Å²) in [5.41, 5.74) is 0.663. The zero-order valence-corrected chi connectivity index (χ0v) is 11.4. The number of aliphatic hydroxyl groups is 1. The molecule has 0 aliphatic rings. The van der Waals surface area contributed by atoms with E-state index in [0.717, 1.165) is 13.0 Å². The lowest BCUT2D eigenvalue weighted by molar-refractivity contribution is 0.0999. The molecule has 0 spiro atoms. The minimum absolute atomic E-state index is 0.152. The molecule has 0 saturated carbocycles. The van der Waals surface area contributed by atoms with E-state index in [-0.39, 0.29) is 6.61 Å². The van der Waals surface area contributed by atoms with Crippen LogP contribution in [0, 0.1) is 0 Å². The highest BCUT2D eigenvalue weighted by atomic mass is 35.5. The van der Waals surface area contributed by atoms with Crippen LogP contribution in [0.5, 0.6) is 5.75 Å². The maximum atomic E-state index is 10.1. The predicted molar refractivity (Wildman–Crippen MR) is 72.2 cm³/mol. The van der Waals surface area contributed by atoms with E-state index in [4.69, 9.17) is 16.3 Å². The van der Waals surface area contributed by atoms with Crippen LogP contribution in [0.1, 0.15) is 25.1 Å². The largest absolute Gasteiger partial charge is 0.490 e. The van der Waals surface area contributed by atoms with E-state index in [9.17, 15) is 5.11 Å². The van der Waals surface area contributed by atoms with Gasteiger partial charge in [-0.1, -0.05) is 23.7 Å². The SMILES string of the molecule is CCCn1nncc1C(O)COc1ccc(Cl)cc1. The van der Waals surface area contributed by atoms with Crippen LogP contribution in [0.15, 0.2) is 30.5 Å². The Hall–Kier alpha value is -1.59. The first-order valence-corrected chi connectivity index (χ1v) is 6.53. The first-order chi connectivity index (χ1) is 9.20. The van der Waals surface area contributed by atoms with Gasteiger partial charge in [0.2, 0.25) is 0 Å². The van der Waals surface area contributed by atoms with Crippen LogP contribution in [-0.4, -0.2) is 26.7 Å². The van der Waals surface area contributed by atoms with Crippen molar-refractivity contribution in [2.45, 2.75) is 26.0 Å². The molecule has 19 heavy (non-hydrogen) atoms. The van der Waals surface area contributed by atoms with Crippen molar-refractivity contribution in [3.63, 3.8) is 0 Å². The van der Waals surface area contributed by atoms with Crippen molar-refractivity contribution in [1.82, 2.24) is 15.0 Å². The average molecular weight is 282 g/mol. The molecule has 1 heterocycles. The third-order valence-corrected chi connectivity index (χ3v) is 2.90. The Kier molecular flexibility index (Phi) is 4.76. The van der Waals surface area contributed by atoms with E-state index >= 15 is 0 Å². The van der Waals surface area contributed by atoms with Crippen molar-refractivity contribution < 1.29 is 9.84 Å². The van der Waals surface area contributed by atoms with Crippen LogP contribution >= 0.6 is 11.6 Å². The molecule has 0 aliphatic heterocycles. The van der Waals surface area contributed by atoms with Crippen molar-refractivity contribution in [3.05, 3.63) is 41.2 Å². The summed E-state index contributed by atoms with van der Waals surface area (Å²) >= 11 is 5.79. The van der Waals surface area contributed by atoms with Crippen molar-refractivity contribution in [2.75, 3.05) is 6.61 Å². The van der Waals surface area contributed by atoms with Crippen LogP contribution in [0.4, 0.5) is 0 Å². The average Bonchev–Trinajstić information content (AvgIpc) is 2.86. The Balaban J connectivity index is 1.95. The molecule has 0 saturated heterocycles. The van der Waals surface area contributed by atoms with E-state index < -0.39 is 6.10 Å². The van der Waals surface area contributed by atoms with Crippen LogP contribution < -0.4 is 4.74 Å². The Morgan fingerprint density at radius 1 is 1.37 bits per heavy atom. The molecule has 2 rings (SSSR count). The number of aromatic nitrogens is 3. The van der Waals surface area contributed by atoms with Gasteiger partial charge in [0.1, 0.15) is 18.5 Å². The molecule has 1 unspecified atom stereocenters. The standard InChI is InChI=1S/C13H16ClN3O2/c1-2-7-17-12(8-15-16-17)13(18)9-19-11-5-3-10(14)4-6-11/h3-6,8,13,18H,2,7,9H2,1H3. The fraction of sp³-hybridized carbons (Fsp3) is 0.385. The fourth-order valence-electron chi connectivity index (χ4n) is 1.70. The van der Waals surface area contributed by atoms with Gasteiger partial charge in [-0.05, 0) is 30.7 Å². The number of rotatable bonds is 6. The molecule has 6 heteroatoms. The quantitative estimate of drug-likeness (QED) is 0.883. The molecule has 5 nitrogen and oxygen atoms in total. The van der Waals surface area contributed by atoms with E-state index in [0.29, 0.717) is 16.5 Å². The number of hydrogen-bond donors (Lipinski definition) is 1. The molecule has 0 amide bonds. The number of aryl methyl sites for hydroxylation is 1. The van der Waals surface area contributed by atoms with E-state index in [1.807, 2.05) is 6.92 Å². The summed E-state index contributed by atoms with van der Waals surface area (Å²) in [6.07, 6.45) is 1.74. The van der Waals surface area contributed by atoms with Gasteiger partial charge in [-0.2, -0.15) is 0 Å². The Labute approximate surface area is 116 Å². The molecular formula is C13H16ClN3O2. The van der Waals surface area contributed by atoms with Gasteiger partial charge in [-0.15, -0.1) is 5.10 Å². The summed E-state index contributed by atoms with van der Waals surface area (Å²) < 4.78 is 7.19. The van der Waals surface area contributed by atoms with Gasteiger partial charge in [-0.3, -0.25) is 0 Å². The fourth-order valence-corrected chi connectivity index (χ4v) is 1.83. The number of benzene rings is 1. The summed E-state index contributed by atoms with van der Waals surface area (Å²) in [6, 6.07) is 7.01. The van der Waals surface area contributed by atoms with Crippen molar-refractivity contribution in [1.29, 1.82) is 0 Å². The number of aliphatic hydroxyl groups excluding tert-OH is 1. The van der Waals surface area contributed by atoms with Crippen molar-refractivity contribution in [3.8, 4) is 5.75 Å². The molecular weight excluding hydrogens is 266 g/mol. The summed E-state index contributed by atoms with van der Waals surface area (Å²) in [5.74, 6) is 0.665. The maximum Gasteiger partial charge on any atom is 0.131 e. The van der Waals surface area contributed by atoms with Crippen LogP contribution in [0.25, 0.3) is 0 Å². The third-order valence-electron chi connectivity index (χ3n) is 2.65. The van der Waals surface area contributed by atoms with E-state index in [1.54, 1.807) is 35.1 Å².